The minimum absolute atomic E-state index is 0.144. The fourth-order valence-electron chi connectivity index (χ4n) is 5.04. The van der Waals surface area contributed by atoms with E-state index in [1.807, 2.05) is 12.1 Å². The predicted octanol–water partition coefficient (Wildman–Crippen LogP) is 6.80. The number of carbonyl (C=O) groups is 2. The highest BCUT2D eigenvalue weighted by molar-refractivity contribution is 9.11. The van der Waals surface area contributed by atoms with Crippen LogP contribution in [-0.2, 0) is 16.2 Å². The van der Waals surface area contributed by atoms with Crippen molar-refractivity contribution in [3.63, 3.8) is 0 Å². The maximum Gasteiger partial charge on any atom is 0.161 e. The quantitative estimate of drug-likeness (QED) is 0.439. The summed E-state index contributed by atoms with van der Waals surface area (Å²) in [6, 6.07) is 12.3. The highest BCUT2D eigenvalue weighted by Gasteiger charge is 2.40. The van der Waals surface area contributed by atoms with Gasteiger partial charge in [-0.2, -0.15) is 0 Å². The lowest BCUT2D eigenvalue weighted by atomic mass is 9.71. The number of halogens is 2. The van der Waals surface area contributed by atoms with E-state index in [0.29, 0.717) is 25.2 Å². The molecule has 0 unspecified atom stereocenters. The molecule has 2 aromatic carbocycles. The van der Waals surface area contributed by atoms with E-state index < -0.39 is 0 Å². The number of Topliss-reactive ketones (excluding diaryl/α,β-unsaturated/α-hetero) is 2. The van der Waals surface area contributed by atoms with Crippen molar-refractivity contribution >= 4 is 43.4 Å². The van der Waals surface area contributed by atoms with Crippen molar-refractivity contribution < 1.29 is 14.3 Å². The maximum absolute atomic E-state index is 13.0. The largest absolute Gasteiger partial charge is 0.487 e. The van der Waals surface area contributed by atoms with Crippen LogP contribution in [0.1, 0.15) is 61.1 Å². The number of carbonyl (C=O) groups excluding carboxylic acids is 2. The minimum atomic E-state index is -0.324. The van der Waals surface area contributed by atoms with E-state index in [1.54, 1.807) is 0 Å². The van der Waals surface area contributed by atoms with Gasteiger partial charge in [0.05, 0.1) is 8.95 Å². The molecule has 0 saturated heterocycles. The van der Waals surface area contributed by atoms with Crippen LogP contribution in [-0.4, -0.2) is 11.6 Å². The number of hydrogen-bond acceptors (Lipinski definition) is 4. The standard InChI is InChI=1S/C27H25Br2NO3/c1-15-8-10-16(11-9-15)14-33-27-18(28)12-17(13-19(27)29)24-25-20(4-2-6-22(25)31)30-21-5-3-7-23(32)26(21)24/h8-13,24,30H,2-7,14H2,1H3. The van der Waals surface area contributed by atoms with Gasteiger partial charge in [0.2, 0.25) is 0 Å². The molecule has 4 nitrogen and oxygen atoms in total. The molecule has 1 heterocycles. The van der Waals surface area contributed by atoms with Gasteiger partial charge in [-0.15, -0.1) is 0 Å². The van der Waals surface area contributed by atoms with Crippen molar-refractivity contribution in [1.82, 2.24) is 5.32 Å². The van der Waals surface area contributed by atoms with Gasteiger partial charge in [0, 0.05) is 41.3 Å². The second-order valence-electron chi connectivity index (χ2n) is 8.98. The summed E-state index contributed by atoms with van der Waals surface area (Å²) in [7, 11) is 0. The molecule has 0 fully saturated rings. The summed E-state index contributed by atoms with van der Waals surface area (Å²) < 4.78 is 7.73. The molecule has 0 spiro atoms. The van der Waals surface area contributed by atoms with Crippen molar-refractivity contribution in [1.29, 1.82) is 0 Å². The van der Waals surface area contributed by atoms with E-state index >= 15 is 0 Å². The normalized spacial score (nSPS) is 18.8. The number of ether oxygens (including phenoxy) is 1. The molecule has 5 rings (SSSR count). The number of ketones is 2. The highest BCUT2D eigenvalue weighted by atomic mass is 79.9. The van der Waals surface area contributed by atoms with Gasteiger partial charge in [0.1, 0.15) is 12.4 Å². The van der Waals surface area contributed by atoms with Gasteiger partial charge in [-0.1, -0.05) is 29.8 Å². The van der Waals surface area contributed by atoms with Crippen LogP contribution < -0.4 is 10.1 Å². The molecule has 2 aliphatic carbocycles. The Morgan fingerprint density at radius 2 is 1.42 bits per heavy atom. The molecule has 0 bridgehead atoms. The van der Waals surface area contributed by atoms with Gasteiger partial charge in [-0.25, -0.2) is 0 Å². The first kappa shape index (κ1) is 22.6. The lowest BCUT2D eigenvalue weighted by Crippen LogP contribution is -2.36. The van der Waals surface area contributed by atoms with Gasteiger partial charge < -0.3 is 10.1 Å². The Balaban J connectivity index is 1.52. The maximum atomic E-state index is 13.0. The summed E-state index contributed by atoms with van der Waals surface area (Å²) in [4.78, 5) is 26.1. The van der Waals surface area contributed by atoms with Crippen LogP contribution in [0.5, 0.6) is 5.75 Å². The van der Waals surface area contributed by atoms with E-state index in [4.69, 9.17) is 4.74 Å². The third-order valence-corrected chi connectivity index (χ3v) is 7.83. The molecule has 6 heteroatoms. The lowest BCUT2D eigenvalue weighted by molar-refractivity contribution is -0.116. The first-order chi connectivity index (χ1) is 15.9. The van der Waals surface area contributed by atoms with Gasteiger partial charge >= 0.3 is 0 Å². The molecule has 0 radical (unpaired) electrons. The summed E-state index contributed by atoms with van der Waals surface area (Å²) in [5.41, 5.74) is 6.76. The Labute approximate surface area is 210 Å². The van der Waals surface area contributed by atoms with E-state index in [0.717, 1.165) is 68.3 Å². The number of nitrogens with one attached hydrogen (secondary N) is 1. The Morgan fingerprint density at radius 3 is 1.97 bits per heavy atom. The number of rotatable bonds is 4. The number of hydrogen-bond donors (Lipinski definition) is 1. The molecule has 2 aromatic rings. The summed E-state index contributed by atoms with van der Waals surface area (Å²) in [5, 5.41) is 3.47. The topological polar surface area (TPSA) is 55.4 Å². The smallest absolute Gasteiger partial charge is 0.161 e. The SMILES string of the molecule is Cc1ccc(COc2c(Br)cc(C3C4=C(CCCC4=O)NC4=C3C(=O)CCC4)cc2Br)cc1. The molecular weight excluding hydrogens is 546 g/mol. The fraction of sp³-hybridized carbons (Fsp3) is 0.333. The molecule has 0 saturated carbocycles. The molecule has 1 aliphatic heterocycles. The van der Waals surface area contributed by atoms with E-state index in [1.165, 1.54) is 5.56 Å². The van der Waals surface area contributed by atoms with E-state index in [9.17, 15) is 9.59 Å². The summed E-state index contributed by atoms with van der Waals surface area (Å²) in [6.07, 6.45) is 4.48. The van der Waals surface area contributed by atoms with Crippen LogP contribution in [0.4, 0.5) is 0 Å². The van der Waals surface area contributed by atoms with Crippen LogP contribution in [0.25, 0.3) is 0 Å². The number of aryl methyl sites for hydroxylation is 1. The van der Waals surface area contributed by atoms with Gasteiger partial charge in [0.25, 0.3) is 0 Å². The average Bonchev–Trinajstić information content (AvgIpc) is 2.79. The molecule has 1 N–H and O–H groups in total. The average molecular weight is 571 g/mol. The van der Waals surface area contributed by atoms with Crippen LogP contribution in [0, 0.1) is 6.92 Å². The first-order valence-electron chi connectivity index (χ1n) is 11.4. The molecule has 170 valence electrons. The summed E-state index contributed by atoms with van der Waals surface area (Å²) in [5.74, 6) is 0.674. The van der Waals surface area contributed by atoms with Crippen molar-refractivity contribution in [2.75, 3.05) is 0 Å². The highest BCUT2D eigenvalue weighted by Crippen LogP contribution is 2.47. The minimum Gasteiger partial charge on any atom is -0.487 e. The predicted molar refractivity (Wildman–Crippen MR) is 135 cm³/mol. The molecule has 0 atom stereocenters. The zero-order chi connectivity index (χ0) is 23.1. The fourth-order valence-corrected chi connectivity index (χ4v) is 6.49. The molecule has 0 aromatic heterocycles. The van der Waals surface area contributed by atoms with Crippen molar-refractivity contribution in [2.45, 2.75) is 58.0 Å². The van der Waals surface area contributed by atoms with Crippen molar-refractivity contribution in [3.8, 4) is 5.75 Å². The zero-order valence-corrected chi connectivity index (χ0v) is 21.6. The summed E-state index contributed by atoms with van der Waals surface area (Å²) in [6.45, 7) is 2.51. The Bertz CT molecular complexity index is 1150. The Hall–Kier alpha value is -2.18. The van der Waals surface area contributed by atoms with Crippen LogP contribution >= 0.6 is 31.9 Å². The lowest BCUT2D eigenvalue weighted by Gasteiger charge is -2.37. The zero-order valence-electron chi connectivity index (χ0n) is 18.5. The van der Waals surface area contributed by atoms with Gasteiger partial charge in [0.15, 0.2) is 11.6 Å². The number of benzene rings is 2. The summed E-state index contributed by atoms with van der Waals surface area (Å²) >= 11 is 7.37. The molecule has 0 amide bonds. The monoisotopic (exact) mass is 569 g/mol. The third kappa shape index (κ3) is 4.35. The first-order valence-corrected chi connectivity index (χ1v) is 13.0. The molecule has 33 heavy (non-hydrogen) atoms. The molecule has 3 aliphatic rings. The second-order valence-corrected chi connectivity index (χ2v) is 10.7. The van der Waals surface area contributed by atoms with E-state index in [-0.39, 0.29) is 17.5 Å². The third-order valence-electron chi connectivity index (χ3n) is 6.65. The van der Waals surface area contributed by atoms with Crippen molar-refractivity contribution in [3.05, 3.63) is 84.6 Å². The second kappa shape index (κ2) is 9.22. The number of dihydropyridines is 1. The molecular formula is C27H25Br2NO3. The van der Waals surface area contributed by atoms with Crippen LogP contribution in [0.15, 0.2) is 67.9 Å². The van der Waals surface area contributed by atoms with E-state index in [2.05, 4.69) is 68.4 Å². The van der Waals surface area contributed by atoms with Crippen molar-refractivity contribution in [2.24, 2.45) is 0 Å². The Kier molecular flexibility index (Phi) is 6.32. The Morgan fingerprint density at radius 1 is 0.879 bits per heavy atom. The van der Waals surface area contributed by atoms with Crippen LogP contribution in [0.2, 0.25) is 0 Å². The van der Waals surface area contributed by atoms with Gasteiger partial charge in [-0.3, -0.25) is 9.59 Å². The number of allylic oxidation sites excluding steroid dienone is 4. The van der Waals surface area contributed by atoms with Gasteiger partial charge in [-0.05, 0) is 87.7 Å². The van der Waals surface area contributed by atoms with Crippen LogP contribution in [0.3, 0.4) is 0 Å².